The number of anilines is 2. The number of aromatic nitrogens is 6. The molecule has 0 unspecified atom stereocenters. The highest BCUT2D eigenvalue weighted by Gasteiger charge is 2.33. The predicted octanol–water partition coefficient (Wildman–Crippen LogP) is 2.20. The average Bonchev–Trinajstić information content (AvgIpc) is 3.49. The number of nitrogens with one attached hydrogen (secondary N) is 1. The molecule has 2 aromatic heterocycles. The predicted molar refractivity (Wildman–Crippen MR) is 129 cm³/mol. The number of aromatic amines is 1. The van der Waals surface area contributed by atoms with Crippen molar-refractivity contribution in [2.45, 2.75) is 64.6 Å². The van der Waals surface area contributed by atoms with E-state index in [1.807, 2.05) is 6.92 Å². The van der Waals surface area contributed by atoms with Crippen LogP contribution in [0.15, 0.2) is 33.9 Å². The lowest BCUT2D eigenvalue weighted by Gasteiger charge is -2.29. The molecule has 1 aliphatic rings. The Labute approximate surface area is 200 Å². The highest BCUT2D eigenvalue weighted by atomic mass is 35.5. The van der Waals surface area contributed by atoms with Crippen LogP contribution in [0.5, 0.6) is 0 Å². The van der Waals surface area contributed by atoms with Gasteiger partial charge in [0.15, 0.2) is 5.69 Å². The van der Waals surface area contributed by atoms with Gasteiger partial charge in [0.05, 0.1) is 0 Å². The monoisotopic (exact) mass is 486 g/mol. The van der Waals surface area contributed by atoms with Crippen molar-refractivity contribution in [3.05, 3.63) is 50.1 Å². The molecule has 180 valence electrons. The molecule has 1 aliphatic carbocycles. The molecule has 0 atom stereocenters. The van der Waals surface area contributed by atoms with Crippen LogP contribution >= 0.6 is 11.6 Å². The van der Waals surface area contributed by atoms with E-state index in [1.165, 1.54) is 14.3 Å². The highest BCUT2D eigenvalue weighted by Crippen LogP contribution is 2.29. The van der Waals surface area contributed by atoms with E-state index >= 15 is 0 Å². The zero-order chi connectivity index (χ0) is 24.2. The molecule has 1 aromatic carbocycles. The van der Waals surface area contributed by atoms with Crippen molar-refractivity contribution in [2.24, 2.45) is 0 Å². The van der Waals surface area contributed by atoms with Gasteiger partial charge in [-0.05, 0) is 48.7 Å². The van der Waals surface area contributed by atoms with Gasteiger partial charge in [-0.15, -0.1) is 10.2 Å². The van der Waals surface area contributed by atoms with Crippen LogP contribution in [-0.2, 0) is 17.9 Å². The Morgan fingerprint density at radius 2 is 1.94 bits per heavy atom. The highest BCUT2D eigenvalue weighted by molar-refractivity contribution is 6.30. The van der Waals surface area contributed by atoms with E-state index in [-0.39, 0.29) is 24.1 Å². The third kappa shape index (κ3) is 4.89. The van der Waals surface area contributed by atoms with Crippen LogP contribution in [0.1, 0.15) is 45.4 Å². The van der Waals surface area contributed by atoms with Crippen molar-refractivity contribution >= 4 is 29.0 Å². The molecule has 0 bridgehead atoms. The van der Waals surface area contributed by atoms with E-state index in [1.54, 1.807) is 24.3 Å². The van der Waals surface area contributed by atoms with Crippen LogP contribution in [0.2, 0.25) is 5.02 Å². The maximum absolute atomic E-state index is 13.5. The lowest BCUT2D eigenvalue weighted by atomic mass is 10.2. The van der Waals surface area contributed by atoms with E-state index < -0.39 is 17.2 Å². The van der Waals surface area contributed by atoms with Crippen LogP contribution in [0, 0.1) is 0 Å². The summed E-state index contributed by atoms with van der Waals surface area (Å²) in [6.45, 7) is 2.11. The summed E-state index contributed by atoms with van der Waals surface area (Å²) in [6, 6.07) is 6.75. The number of carbonyl (C=O) groups excluding carboxylic acids is 1. The number of carbonyl (C=O) groups is 1. The third-order valence-corrected chi connectivity index (χ3v) is 6.23. The second-order valence-corrected chi connectivity index (χ2v) is 8.79. The normalized spacial score (nSPS) is 13.9. The fourth-order valence-electron chi connectivity index (χ4n) is 4.24. The number of unbranched alkanes of at least 4 members (excludes halogenated alkanes) is 1. The number of amides is 1. The molecule has 3 N–H and O–H groups in total. The topological polar surface area (TPSA) is 145 Å². The summed E-state index contributed by atoms with van der Waals surface area (Å²) in [6.07, 6.45) is 4.90. The first-order valence-corrected chi connectivity index (χ1v) is 11.7. The molecular formula is C22H27ClN8O3. The molecule has 1 fully saturated rings. The van der Waals surface area contributed by atoms with E-state index in [0.717, 1.165) is 32.1 Å². The molecule has 12 heteroatoms. The van der Waals surface area contributed by atoms with Crippen LogP contribution in [-0.4, -0.2) is 41.7 Å². The number of nitrogens with zero attached hydrogens (tertiary/aromatic N) is 6. The molecule has 11 nitrogen and oxygen atoms in total. The molecule has 0 radical (unpaired) electrons. The van der Waals surface area contributed by atoms with Crippen LogP contribution in [0.25, 0.3) is 11.4 Å². The Morgan fingerprint density at radius 3 is 2.62 bits per heavy atom. The minimum absolute atomic E-state index is 0.00384. The first kappa shape index (κ1) is 23.7. The quantitative estimate of drug-likeness (QED) is 0.496. The summed E-state index contributed by atoms with van der Waals surface area (Å²) < 4.78 is 1.32. The molecule has 3 aromatic rings. The van der Waals surface area contributed by atoms with Gasteiger partial charge in [-0.2, -0.15) is 4.80 Å². The average molecular weight is 487 g/mol. The molecule has 0 spiro atoms. The summed E-state index contributed by atoms with van der Waals surface area (Å²) in [5.41, 5.74) is 5.76. The van der Waals surface area contributed by atoms with Crippen LogP contribution < -0.4 is 21.9 Å². The van der Waals surface area contributed by atoms with Crippen molar-refractivity contribution in [2.75, 3.05) is 10.6 Å². The van der Waals surface area contributed by atoms with Crippen molar-refractivity contribution in [1.82, 2.24) is 29.8 Å². The van der Waals surface area contributed by atoms with Gasteiger partial charge in [0, 0.05) is 23.2 Å². The summed E-state index contributed by atoms with van der Waals surface area (Å²) >= 11 is 5.93. The van der Waals surface area contributed by atoms with Crippen LogP contribution in [0.3, 0.4) is 0 Å². The van der Waals surface area contributed by atoms with Gasteiger partial charge in [-0.3, -0.25) is 24.0 Å². The fraction of sp³-hybridized carbons (Fsp3) is 0.455. The van der Waals surface area contributed by atoms with E-state index in [9.17, 15) is 14.4 Å². The van der Waals surface area contributed by atoms with Gasteiger partial charge in [-0.25, -0.2) is 4.79 Å². The van der Waals surface area contributed by atoms with Crippen molar-refractivity contribution in [1.29, 1.82) is 0 Å². The number of nitrogens with two attached hydrogens (primary N) is 1. The number of hydrogen-bond donors (Lipinski definition) is 2. The molecule has 4 rings (SSSR count). The minimum Gasteiger partial charge on any atom is -0.383 e. The Bertz CT molecular complexity index is 1270. The van der Waals surface area contributed by atoms with Gasteiger partial charge in [0.2, 0.25) is 5.82 Å². The second kappa shape index (κ2) is 10.2. The Balaban J connectivity index is 1.66. The summed E-state index contributed by atoms with van der Waals surface area (Å²) in [7, 11) is 0. The molecule has 34 heavy (non-hydrogen) atoms. The number of rotatable bonds is 8. The maximum Gasteiger partial charge on any atom is 0.330 e. The molecule has 1 amide bonds. The summed E-state index contributed by atoms with van der Waals surface area (Å²) in [4.78, 5) is 43.6. The first-order chi connectivity index (χ1) is 16.4. The molecule has 0 saturated heterocycles. The maximum atomic E-state index is 13.5. The second-order valence-electron chi connectivity index (χ2n) is 8.35. The van der Waals surface area contributed by atoms with Crippen molar-refractivity contribution < 1.29 is 4.79 Å². The Morgan fingerprint density at radius 1 is 1.24 bits per heavy atom. The number of hydrogen-bond acceptors (Lipinski definition) is 7. The van der Waals surface area contributed by atoms with Gasteiger partial charge in [0.1, 0.15) is 12.4 Å². The van der Waals surface area contributed by atoms with E-state index in [0.29, 0.717) is 29.4 Å². The largest absolute Gasteiger partial charge is 0.383 e. The number of H-pyrrole nitrogens is 1. The minimum atomic E-state index is -0.677. The summed E-state index contributed by atoms with van der Waals surface area (Å²) in [5.74, 6) is -0.0527. The van der Waals surface area contributed by atoms with Crippen LogP contribution in [0.4, 0.5) is 11.5 Å². The first-order valence-electron chi connectivity index (χ1n) is 11.4. The van der Waals surface area contributed by atoms with Gasteiger partial charge in [0.25, 0.3) is 11.5 Å². The van der Waals surface area contributed by atoms with Crippen molar-refractivity contribution in [3.8, 4) is 11.4 Å². The van der Waals surface area contributed by atoms with Crippen molar-refractivity contribution in [3.63, 3.8) is 0 Å². The standard InChI is InChI=1S/C22H27ClN8O3/c1-2-3-12-29-19(24)18(21(33)25-22(29)34)31(16-6-4-5-7-16)17(32)13-30-27-20(26-28-30)14-8-10-15(23)11-9-14/h8-11,16H,2-7,12-13,24H2,1H3,(H,25,33,34). The molecule has 2 heterocycles. The molecule has 0 aliphatic heterocycles. The summed E-state index contributed by atoms with van der Waals surface area (Å²) in [5, 5.41) is 12.9. The number of tetrazole rings is 1. The molecule has 1 saturated carbocycles. The molecular weight excluding hydrogens is 460 g/mol. The lowest BCUT2D eigenvalue weighted by molar-refractivity contribution is -0.120. The van der Waals surface area contributed by atoms with E-state index in [4.69, 9.17) is 17.3 Å². The van der Waals surface area contributed by atoms with Gasteiger partial charge < -0.3 is 5.73 Å². The van der Waals surface area contributed by atoms with Gasteiger partial charge >= 0.3 is 5.69 Å². The Hall–Kier alpha value is -3.47. The number of benzene rings is 1. The Kier molecular flexibility index (Phi) is 7.11. The fourth-order valence-corrected chi connectivity index (χ4v) is 4.37. The zero-order valence-electron chi connectivity index (χ0n) is 18.9. The zero-order valence-corrected chi connectivity index (χ0v) is 19.7. The van der Waals surface area contributed by atoms with Gasteiger partial charge in [-0.1, -0.05) is 37.8 Å². The van der Waals surface area contributed by atoms with E-state index in [2.05, 4.69) is 20.4 Å². The smallest absolute Gasteiger partial charge is 0.330 e. The lowest BCUT2D eigenvalue weighted by Crippen LogP contribution is -2.47. The SMILES string of the molecule is CCCCn1c(N)c(N(C(=O)Cn2nnc(-c3ccc(Cl)cc3)n2)C2CCCC2)c(=O)[nH]c1=O. The number of nitrogen functional groups attached to an aromatic ring is 1. The number of halogens is 1. The third-order valence-electron chi connectivity index (χ3n) is 5.98.